The van der Waals surface area contributed by atoms with Crippen molar-refractivity contribution in [1.82, 2.24) is 4.90 Å². The Hall–Kier alpha value is -2.37. The molecule has 1 aliphatic rings. The van der Waals surface area contributed by atoms with Crippen LogP contribution in [-0.4, -0.2) is 50.0 Å². The lowest BCUT2D eigenvalue weighted by Gasteiger charge is -2.41. The van der Waals surface area contributed by atoms with E-state index < -0.39 is 5.60 Å². The van der Waals surface area contributed by atoms with Crippen LogP contribution in [0.25, 0.3) is 0 Å². The third-order valence-corrected chi connectivity index (χ3v) is 6.89. The van der Waals surface area contributed by atoms with Crippen LogP contribution in [0.2, 0.25) is 5.02 Å². The number of hydrogen-bond donors (Lipinski definition) is 1. The van der Waals surface area contributed by atoms with E-state index in [9.17, 15) is 5.11 Å². The first-order valence-corrected chi connectivity index (χ1v) is 11.9. The molecule has 4 rings (SSSR count). The van der Waals surface area contributed by atoms with E-state index in [1.54, 1.807) is 7.11 Å². The zero-order valence-electron chi connectivity index (χ0n) is 19.3. The Morgan fingerprint density at radius 1 is 1.00 bits per heavy atom. The van der Waals surface area contributed by atoms with Gasteiger partial charge >= 0.3 is 0 Å². The second kappa shape index (κ2) is 10.7. The molecule has 4 nitrogen and oxygen atoms in total. The van der Waals surface area contributed by atoms with Crippen LogP contribution in [-0.2, 0) is 16.8 Å². The Kier molecular flexibility index (Phi) is 7.71. The van der Waals surface area contributed by atoms with Crippen molar-refractivity contribution in [1.29, 1.82) is 0 Å². The van der Waals surface area contributed by atoms with Gasteiger partial charge in [0.1, 0.15) is 11.4 Å². The molecule has 0 saturated carbocycles. The van der Waals surface area contributed by atoms with Crippen molar-refractivity contribution in [2.75, 3.05) is 40.0 Å². The van der Waals surface area contributed by atoms with Gasteiger partial charge in [-0.25, -0.2) is 0 Å². The van der Waals surface area contributed by atoms with Gasteiger partial charge in [0, 0.05) is 36.1 Å². The summed E-state index contributed by atoms with van der Waals surface area (Å²) >= 11 is 6.23. The second-order valence-corrected chi connectivity index (χ2v) is 8.97. The molecule has 0 spiro atoms. The van der Waals surface area contributed by atoms with Gasteiger partial charge in [0.15, 0.2) is 0 Å². The highest BCUT2D eigenvalue weighted by Gasteiger charge is 2.44. The number of aliphatic hydroxyl groups is 1. The molecule has 1 aliphatic heterocycles. The van der Waals surface area contributed by atoms with Crippen LogP contribution < -0.4 is 4.74 Å². The summed E-state index contributed by atoms with van der Waals surface area (Å²) in [6.07, 6.45) is 0.946. The van der Waals surface area contributed by atoms with Crippen LogP contribution in [0.1, 0.15) is 35.1 Å². The molecule has 5 heteroatoms. The Morgan fingerprint density at radius 2 is 1.67 bits per heavy atom. The molecule has 33 heavy (non-hydrogen) atoms. The number of methoxy groups -OCH3 is 1. The van der Waals surface area contributed by atoms with E-state index in [0.29, 0.717) is 30.5 Å². The third-order valence-electron chi connectivity index (χ3n) is 6.64. The summed E-state index contributed by atoms with van der Waals surface area (Å²) in [5, 5.41) is 13.4. The maximum Gasteiger partial charge on any atom is 0.126 e. The molecule has 2 atom stereocenters. The largest absolute Gasteiger partial charge is 0.496 e. The van der Waals surface area contributed by atoms with Crippen molar-refractivity contribution in [3.63, 3.8) is 0 Å². The molecule has 0 bridgehead atoms. The van der Waals surface area contributed by atoms with Crippen LogP contribution in [0.5, 0.6) is 5.75 Å². The van der Waals surface area contributed by atoms with Crippen molar-refractivity contribution < 1.29 is 14.6 Å². The van der Waals surface area contributed by atoms with E-state index in [4.69, 9.17) is 21.1 Å². The van der Waals surface area contributed by atoms with Crippen molar-refractivity contribution in [3.8, 4) is 5.75 Å². The average molecular weight is 466 g/mol. The summed E-state index contributed by atoms with van der Waals surface area (Å²) in [4.78, 5) is 2.36. The molecular formula is C28H32ClNO3. The number of ether oxygens (including phenoxy) is 2. The molecule has 0 aliphatic carbocycles. The van der Waals surface area contributed by atoms with Gasteiger partial charge in [0.25, 0.3) is 0 Å². The van der Waals surface area contributed by atoms with Gasteiger partial charge in [-0.3, -0.25) is 4.90 Å². The first-order chi connectivity index (χ1) is 16.1. The summed E-state index contributed by atoms with van der Waals surface area (Å²) < 4.78 is 11.3. The predicted octanol–water partition coefficient (Wildman–Crippen LogP) is 5.26. The van der Waals surface area contributed by atoms with E-state index in [1.165, 1.54) is 5.56 Å². The van der Waals surface area contributed by atoms with Gasteiger partial charge in [-0.05, 0) is 41.3 Å². The molecule has 0 radical (unpaired) electrons. The highest BCUT2D eigenvalue weighted by Crippen LogP contribution is 2.46. The fourth-order valence-electron chi connectivity index (χ4n) is 4.71. The van der Waals surface area contributed by atoms with Gasteiger partial charge in [-0.2, -0.15) is 0 Å². The number of halogens is 1. The summed E-state index contributed by atoms with van der Waals surface area (Å²) in [5.41, 5.74) is 2.55. The highest BCUT2D eigenvalue weighted by atomic mass is 35.5. The quantitative estimate of drug-likeness (QED) is 0.492. The van der Waals surface area contributed by atoms with Gasteiger partial charge in [-0.1, -0.05) is 73.1 Å². The molecule has 3 aromatic carbocycles. The normalized spacial score (nSPS) is 17.3. The van der Waals surface area contributed by atoms with Gasteiger partial charge < -0.3 is 14.6 Å². The average Bonchev–Trinajstić information content (AvgIpc) is 2.88. The van der Waals surface area contributed by atoms with E-state index in [1.807, 2.05) is 60.7 Å². The van der Waals surface area contributed by atoms with E-state index in [2.05, 4.69) is 24.0 Å². The van der Waals surface area contributed by atoms with Gasteiger partial charge in [0.05, 0.1) is 20.3 Å². The monoisotopic (exact) mass is 465 g/mol. The van der Waals surface area contributed by atoms with Crippen molar-refractivity contribution in [3.05, 3.63) is 100 Å². The minimum atomic E-state index is -1.31. The number of nitrogens with zero attached hydrogens (tertiary/aromatic N) is 1. The van der Waals surface area contributed by atoms with Gasteiger partial charge in [-0.15, -0.1) is 0 Å². The number of rotatable bonds is 8. The summed E-state index contributed by atoms with van der Waals surface area (Å²) in [6.45, 7) is 5.88. The molecule has 174 valence electrons. The van der Waals surface area contributed by atoms with Crippen molar-refractivity contribution in [2.24, 2.45) is 0 Å². The fraction of sp³-hybridized carbons (Fsp3) is 0.357. The first kappa shape index (κ1) is 23.8. The molecular weight excluding hydrogens is 434 g/mol. The third kappa shape index (κ3) is 5.10. The lowest BCUT2D eigenvalue weighted by molar-refractivity contribution is -0.000140. The highest BCUT2D eigenvalue weighted by molar-refractivity contribution is 6.30. The maximum atomic E-state index is 12.8. The zero-order valence-corrected chi connectivity index (χ0v) is 20.1. The standard InChI is InChI=1S/C28H32ClNO3/c1-3-21-8-12-23(13-9-21)28(31,25-6-4-5-7-27(25)32-2)26(20-30-16-18-33-19-17-30)22-10-14-24(29)15-11-22/h4-15,26,31H,3,16-20H2,1-2H3/t26-,28+/m1/s1. The molecule has 1 saturated heterocycles. The Balaban J connectivity index is 1.90. The maximum absolute atomic E-state index is 12.8. The van der Waals surface area contributed by atoms with Crippen LogP contribution in [0.15, 0.2) is 72.8 Å². The van der Waals surface area contributed by atoms with Gasteiger partial charge in [0.2, 0.25) is 0 Å². The Bertz CT molecular complexity index is 1030. The summed E-state index contributed by atoms with van der Waals surface area (Å²) in [7, 11) is 1.65. The molecule has 1 N–H and O–H groups in total. The Labute approximate surface area is 201 Å². The number of aryl methyl sites for hydroxylation is 1. The predicted molar refractivity (Wildman–Crippen MR) is 133 cm³/mol. The SMILES string of the molecule is CCc1ccc([C@](O)(c2ccccc2OC)[C@H](CN2CCOCC2)c2ccc(Cl)cc2)cc1. The molecule has 1 fully saturated rings. The first-order valence-electron chi connectivity index (χ1n) is 11.6. The lowest BCUT2D eigenvalue weighted by atomic mass is 9.72. The molecule has 1 heterocycles. The van der Waals surface area contributed by atoms with Crippen molar-refractivity contribution >= 4 is 11.6 Å². The van der Waals surface area contributed by atoms with E-state index in [-0.39, 0.29) is 5.92 Å². The van der Waals surface area contributed by atoms with Crippen molar-refractivity contribution in [2.45, 2.75) is 24.9 Å². The summed E-state index contributed by atoms with van der Waals surface area (Å²) in [6, 6.07) is 23.9. The molecule has 3 aromatic rings. The minimum Gasteiger partial charge on any atom is -0.496 e. The van der Waals surface area contributed by atoms with E-state index in [0.717, 1.165) is 36.2 Å². The van der Waals surface area contributed by atoms with E-state index >= 15 is 0 Å². The van der Waals surface area contributed by atoms with Crippen LogP contribution in [0.4, 0.5) is 0 Å². The number of hydrogen-bond acceptors (Lipinski definition) is 4. The minimum absolute atomic E-state index is 0.253. The molecule has 0 unspecified atom stereocenters. The second-order valence-electron chi connectivity index (χ2n) is 8.53. The Morgan fingerprint density at radius 3 is 2.30 bits per heavy atom. The lowest BCUT2D eigenvalue weighted by Crippen LogP contribution is -2.45. The number of benzene rings is 3. The summed E-state index contributed by atoms with van der Waals surface area (Å²) in [5.74, 6) is 0.414. The molecule has 0 amide bonds. The van der Waals surface area contributed by atoms with Crippen LogP contribution in [0, 0.1) is 0 Å². The zero-order chi connectivity index (χ0) is 23.3. The number of morpholine rings is 1. The van der Waals surface area contributed by atoms with Crippen LogP contribution >= 0.6 is 11.6 Å². The number of para-hydroxylation sites is 1. The fourth-order valence-corrected chi connectivity index (χ4v) is 4.84. The smallest absolute Gasteiger partial charge is 0.126 e. The topological polar surface area (TPSA) is 41.9 Å². The van der Waals surface area contributed by atoms with Crippen LogP contribution in [0.3, 0.4) is 0 Å². The molecule has 0 aromatic heterocycles.